The number of carboxylic acids is 1. The summed E-state index contributed by atoms with van der Waals surface area (Å²) in [7, 11) is 0. The Hall–Kier alpha value is -1.88. The van der Waals surface area contributed by atoms with Gasteiger partial charge in [0, 0.05) is 5.56 Å². The van der Waals surface area contributed by atoms with Crippen LogP contribution in [0, 0.1) is 6.92 Å². The van der Waals surface area contributed by atoms with Crippen LogP contribution >= 0.6 is 0 Å². The molecule has 106 valence electrons. The van der Waals surface area contributed by atoms with Gasteiger partial charge in [-0.05, 0) is 43.5 Å². The molecule has 2 aliphatic rings. The zero-order chi connectivity index (χ0) is 14.3. The van der Waals surface area contributed by atoms with E-state index in [0.717, 1.165) is 12.8 Å². The fourth-order valence-corrected chi connectivity index (χ4v) is 3.15. The largest absolute Gasteiger partial charge is 0.478 e. The maximum absolute atomic E-state index is 12.6. The number of carboxylic acid groups (broad SMARTS) is 1. The second-order valence-corrected chi connectivity index (χ2v) is 5.47. The van der Waals surface area contributed by atoms with Crippen molar-refractivity contribution in [3.05, 3.63) is 34.9 Å². The second kappa shape index (κ2) is 4.90. The van der Waals surface area contributed by atoms with Gasteiger partial charge in [0.05, 0.1) is 30.9 Å². The van der Waals surface area contributed by atoms with Crippen molar-refractivity contribution in [2.45, 2.75) is 31.8 Å². The van der Waals surface area contributed by atoms with Crippen LogP contribution in [0.5, 0.6) is 0 Å². The van der Waals surface area contributed by atoms with E-state index in [0.29, 0.717) is 24.3 Å². The number of carbonyl (C=O) groups is 2. The molecule has 2 unspecified atom stereocenters. The van der Waals surface area contributed by atoms with Crippen molar-refractivity contribution in [2.75, 3.05) is 13.2 Å². The van der Waals surface area contributed by atoms with Crippen LogP contribution in [0.15, 0.2) is 18.2 Å². The Kier molecular flexibility index (Phi) is 3.22. The molecular weight excluding hydrogens is 258 g/mol. The molecule has 2 heterocycles. The van der Waals surface area contributed by atoms with Crippen LogP contribution < -0.4 is 0 Å². The van der Waals surface area contributed by atoms with Gasteiger partial charge in [-0.3, -0.25) is 4.79 Å². The number of benzene rings is 1. The van der Waals surface area contributed by atoms with Gasteiger partial charge in [0.1, 0.15) is 0 Å². The first kappa shape index (κ1) is 13.1. The summed E-state index contributed by atoms with van der Waals surface area (Å²) in [5, 5.41) is 9.03. The number of carbonyl (C=O) groups excluding carboxylic acids is 1. The van der Waals surface area contributed by atoms with Crippen LogP contribution in [0.25, 0.3) is 0 Å². The van der Waals surface area contributed by atoms with E-state index in [-0.39, 0.29) is 23.6 Å². The smallest absolute Gasteiger partial charge is 0.335 e. The van der Waals surface area contributed by atoms with Gasteiger partial charge in [-0.15, -0.1) is 0 Å². The van der Waals surface area contributed by atoms with Crippen molar-refractivity contribution < 1.29 is 19.4 Å². The minimum atomic E-state index is -0.965. The highest BCUT2D eigenvalue weighted by Crippen LogP contribution is 2.30. The summed E-state index contributed by atoms with van der Waals surface area (Å²) in [6.07, 6.45) is 1.98. The Balaban J connectivity index is 1.88. The molecule has 5 heteroatoms. The predicted octanol–water partition coefficient (Wildman–Crippen LogP) is 1.70. The third-order valence-electron chi connectivity index (χ3n) is 4.18. The van der Waals surface area contributed by atoms with Gasteiger partial charge in [-0.25, -0.2) is 4.79 Å². The topological polar surface area (TPSA) is 66.8 Å². The molecule has 1 N–H and O–H groups in total. The molecule has 1 amide bonds. The average molecular weight is 275 g/mol. The van der Waals surface area contributed by atoms with Gasteiger partial charge in [0.2, 0.25) is 0 Å². The number of hydrogen-bond donors (Lipinski definition) is 1. The number of rotatable bonds is 2. The predicted molar refractivity (Wildman–Crippen MR) is 71.9 cm³/mol. The summed E-state index contributed by atoms with van der Waals surface area (Å²) < 4.78 is 5.48. The van der Waals surface area contributed by atoms with Crippen molar-refractivity contribution in [3.8, 4) is 0 Å². The Morgan fingerprint density at radius 3 is 2.45 bits per heavy atom. The molecule has 1 aromatic rings. The molecule has 3 rings (SSSR count). The van der Waals surface area contributed by atoms with Gasteiger partial charge in [-0.1, -0.05) is 0 Å². The molecule has 2 saturated heterocycles. The number of morpholine rings is 1. The zero-order valence-electron chi connectivity index (χ0n) is 11.3. The van der Waals surface area contributed by atoms with Crippen molar-refractivity contribution >= 4 is 11.9 Å². The van der Waals surface area contributed by atoms with Crippen LogP contribution in [0.2, 0.25) is 0 Å². The van der Waals surface area contributed by atoms with Crippen molar-refractivity contribution in [2.24, 2.45) is 0 Å². The SMILES string of the molecule is Cc1cc(C(=O)N2C3CCC2COC3)ccc1C(=O)O. The third kappa shape index (κ3) is 2.08. The third-order valence-corrected chi connectivity index (χ3v) is 4.18. The molecule has 0 spiro atoms. The number of ether oxygens (including phenoxy) is 1. The number of hydrogen-bond acceptors (Lipinski definition) is 3. The van der Waals surface area contributed by atoms with Gasteiger partial charge in [-0.2, -0.15) is 0 Å². The number of amides is 1. The van der Waals surface area contributed by atoms with Gasteiger partial charge in [0.15, 0.2) is 0 Å². The summed E-state index contributed by atoms with van der Waals surface area (Å²) in [6, 6.07) is 5.11. The molecule has 0 aromatic heterocycles. The highest BCUT2D eigenvalue weighted by molar-refractivity contribution is 5.97. The Labute approximate surface area is 117 Å². The van der Waals surface area contributed by atoms with E-state index in [9.17, 15) is 9.59 Å². The van der Waals surface area contributed by atoms with E-state index < -0.39 is 5.97 Å². The van der Waals surface area contributed by atoms with E-state index >= 15 is 0 Å². The quantitative estimate of drug-likeness (QED) is 0.892. The molecular formula is C15H17NO4. The van der Waals surface area contributed by atoms with E-state index in [1.54, 1.807) is 19.1 Å². The molecule has 0 saturated carbocycles. The minimum absolute atomic E-state index is 0.0131. The summed E-state index contributed by atoms with van der Waals surface area (Å²) in [4.78, 5) is 25.5. The molecule has 2 bridgehead atoms. The van der Waals surface area contributed by atoms with E-state index in [1.807, 2.05) is 4.90 Å². The fraction of sp³-hybridized carbons (Fsp3) is 0.467. The van der Waals surface area contributed by atoms with Crippen molar-refractivity contribution in [1.29, 1.82) is 0 Å². The van der Waals surface area contributed by atoms with Crippen molar-refractivity contribution in [1.82, 2.24) is 4.90 Å². The van der Waals surface area contributed by atoms with E-state index in [2.05, 4.69) is 0 Å². The Morgan fingerprint density at radius 2 is 1.90 bits per heavy atom. The number of aromatic carboxylic acids is 1. The monoisotopic (exact) mass is 275 g/mol. The summed E-state index contributed by atoms with van der Waals surface area (Å²) >= 11 is 0. The van der Waals surface area contributed by atoms with Crippen LogP contribution in [0.3, 0.4) is 0 Å². The highest BCUT2D eigenvalue weighted by Gasteiger charge is 2.40. The Morgan fingerprint density at radius 1 is 1.25 bits per heavy atom. The maximum atomic E-state index is 12.6. The Bertz CT molecular complexity index is 553. The molecule has 20 heavy (non-hydrogen) atoms. The van der Waals surface area contributed by atoms with Gasteiger partial charge < -0.3 is 14.7 Å². The average Bonchev–Trinajstić information content (AvgIpc) is 2.66. The van der Waals surface area contributed by atoms with Crippen molar-refractivity contribution in [3.63, 3.8) is 0 Å². The normalized spacial score (nSPS) is 24.8. The molecule has 2 fully saturated rings. The lowest BCUT2D eigenvalue weighted by Crippen LogP contribution is -2.49. The molecule has 0 radical (unpaired) electrons. The number of fused-ring (bicyclic) bond motifs is 2. The number of nitrogens with zero attached hydrogens (tertiary/aromatic N) is 1. The minimum Gasteiger partial charge on any atom is -0.478 e. The highest BCUT2D eigenvalue weighted by atomic mass is 16.5. The number of aryl methyl sites for hydroxylation is 1. The summed E-state index contributed by atoms with van der Waals surface area (Å²) in [5.74, 6) is -0.978. The van der Waals surface area contributed by atoms with E-state index in [4.69, 9.17) is 9.84 Å². The first-order valence-corrected chi connectivity index (χ1v) is 6.82. The second-order valence-electron chi connectivity index (χ2n) is 5.47. The van der Waals surface area contributed by atoms with Crippen LogP contribution in [0.1, 0.15) is 39.1 Å². The standard InChI is InChI=1S/C15H17NO4/c1-9-6-10(2-5-13(9)15(18)19)14(17)16-11-3-4-12(16)8-20-7-11/h2,5-6,11-12H,3-4,7-8H2,1H3,(H,18,19). The van der Waals surface area contributed by atoms with Crippen LogP contribution in [-0.2, 0) is 4.74 Å². The lowest BCUT2D eigenvalue weighted by Gasteiger charge is -2.34. The first-order valence-electron chi connectivity index (χ1n) is 6.82. The zero-order valence-corrected chi connectivity index (χ0v) is 11.3. The van der Waals surface area contributed by atoms with Gasteiger partial charge >= 0.3 is 5.97 Å². The molecule has 1 aromatic carbocycles. The summed E-state index contributed by atoms with van der Waals surface area (Å²) in [5.41, 5.74) is 1.42. The lowest BCUT2D eigenvalue weighted by atomic mass is 10.0. The lowest BCUT2D eigenvalue weighted by molar-refractivity contribution is -0.00716. The maximum Gasteiger partial charge on any atom is 0.335 e. The van der Waals surface area contributed by atoms with Crippen LogP contribution in [-0.4, -0.2) is 47.2 Å². The molecule has 2 aliphatic heterocycles. The molecule has 2 atom stereocenters. The summed E-state index contributed by atoms with van der Waals surface area (Å²) in [6.45, 7) is 2.93. The van der Waals surface area contributed by atoms with E-state index in [1.165, 1.54) is 6.07 Å². The fourth-order valence-electron chi connectivity index (χ4n) is 3.15. The van der Waals surface area contributed by atoms with Crippen LogP contribution in [0.4, 0.5) is 0 Å². The molecule has 5 nitrogen and oxygen atoms in total. The molecule has 0 aliphatic carbocycles. The first-order chi connectivity index (χ1) is 9.58. The van der Waals surface area contributed by atoms with Gasteiger partial charge in [0.25, 0.3) is 5.91 Å².